The van der Waals surface area contributed by atoms with Gasteiger partial charge >= 0.3 is 0 Å². The minimum Gasteiger partial charge on any atom is -0.355 e. The van der Waals surface area contributed by atoms with Crippen LogP contribution >= 0.6 is 23.1 Å². The van der Waals surface area contributed by atoms with E-state index in [1.807, 2.05) is 97.1 Å². The standard InChI is InChI=1S/C41H30N6S2/c1-5-17-29(18-6-1)41(30-19-7-2-8-20-30,39-44-37(46-48-39)33-25-13-15-27-35(33)42-31-21-9-3-10-22-31)40-45-38(47-49-40)34-26-14-16-28-36(34)43-32-23-11-4-12-24-32/h1-28,42-43H. The van der Waals surface area contributed by atoms with Crippen LogP contribution in [0.5, 0.6) is 0 Å². The Hall–Kier alpha value is -5.96. The molecule has 49 heavy (non-hydrogen) atoms. The van der Waals surface area contributed by atoms with Crippen molar-refractivity contribution in [2.75, 3.05) is 10.6 Å². The van der Waals surface area contributed by atoms with E-state index >= 15 is 0 Å². The Bertz CT molecular complexity index is 2120. The largest absolute Gasteiger partial charge is 0.355 e. The Labute approximate surface area is 293 Å². The highest BCUT2D eigenvalue weighted by Crippen LogP contribution is 2.48. The molecule has 0 radical (unpaired) electrons. The molecule has 0 bridgehead atoms. The van der Waals surface area contributed by atoms with Crippen molar-refractivity contribution in [2.24, 2.45) is 0 Å². The second kappa shape index (κ2) is 13.6. The van der Waals surface area contributed by atoms with Gasteiger partial charge in [0.1, 0.15) is 15.4 Å². The summed E-state index contributed by atoms with van der Waals surface area (Å²) in [7, 11) is 0. The van der Waals surface area contributed by atoms with E-state index in [4.69, 9.17) is 18.7 Å². The Balaban J connectivity index is 1.28. The number of nitrogens with zero attached hydrogens (tertiary/aromatic N) is 4. The maximum Gasteiger partial charge on any atom is 0.175 e. The van der Waals surface area contributed by atoms with Crippen molar-refractivity contribution in [1.29, 1.82) is 0 Å². The lowest BCUT2D eigenvalue weighted by Gasteiger charge is -2.30. The lowest BCUT2D eigenvalue weighted by molar-refractivity contribution is 0.729. The molecule has 6 nitrogen and oxygen atoms in total. The summed E-state index contributed by atoms with van der Waals surface area (Å²) in [5, 5.41) is 8.74. The monoisotopic (exact) mass is 670 g/mol. The van der Waals surface area contributed by atoms with Crippen LogP contribution in [0.3, 0.4) is 0 Å². The molecule has 0 fully saturated rings. The Kier molecular flexibility index (Phi) is 8.46. The summed E-state index contributed by atoms with van der Waals surface area (Å²) in [5.41, 5.74) is 6.92. The van der Waals surface area contributed by atoms with Gasteiger partial charge in [-0.15, -0.1) is 0 Å². The van der Waals surface area contributed by atoms with E-state index in [-0.39, 0.29) is 0 Å². The molecule has 0 saturated carbocycles. The first kappa shape index (κ1) is 30.4. The average Bonchev–Trinajstić information content (AvgIpc) is 3.86. The van der Waals surface area contributed by atoms with Crippen LogP contribution in [0.1, 0.15) is 21.1 Å². The lowest BCUT2D eigenvalue weighted by Crippen LogP contribution is -2.30. The fourth-order valence-electron chi connectivity index (χ4n) is 6.03. The fraction of sp³-hybridized carbons (Fsp3) is 0.0244. The van der Waals surface area contributed by atoms with Crippen LogP contribution in [0.4, 0.5) is 22.7 Å². The zero-order chi connectivity index (χ0) is 32.9. The van der Waals surface area contributed by atoms with Crippen molar-refractivity contribution < 1.29 is 0 Å². The zero-order valence-electron chi connectivity index (χ0n) is 26.3. The lowest BCUT2D eigenvalue weighted by atomic mass is 9.75. The third-order valence-corrected chi connectivity index (χ3v) is 10.0. The van der Waals surface area contributed by atoms with Gasteiger partial charge in [0.05, 0.1) is 0 Å². The second-order valence-corrected chi connectivity index (χ2v) is 12.9. The molecule has 2 heterocycles. The molecule has 0 aliphatic rings. The van der Waals surface area contributed by atoms with Crippen LogP contribution in [0, 0.1) is 0 Å². The van der Waals surface area contributed by atoms with Gasteiger partial charge in [-0.05, 0) is 82.7 Å². The molecule has 0 spiro atoms. The topological polar surface area (TPSA) is 75.6 Å². The molecule has 2 aromatic heterocycles. The first-order valence-electron chi connectivity index (χ1n) is 15.9. The first-order chi connectivity index (χ1) is 24.3. The van der Waals surface area contributed by atoms with Crippen molar-refractivity contribution >= 4 is 45.8 Å². The summed E-state index contributed by atoms with van der Waals surface area (Å²) in [6.45, 7) is 0. The third-order valence-electron chi connectivity index (χ3n) is 8.35. The summed E-state index contributed by atoms with van der Waals surface area (Å²) >= 11 is 2.80. The van der Waals surface area contributed by atoms with Gasteiger partial charge in [0.15, 0.2) is 11.6 Å². The smallest absolute Gasteiger partial charge is 0.175 e. The van der Waals surface area contributed by atoms with E-state index < -0.39 is 5.41 Å². The maximum atomic E-state index is 5.33. The van der Waals surface area contributed by atoms with E-state index in [0.717, 1.165) is 55.0 Å². The molecule has 2 N–H and O–H groups in total. The molecule has 236 valence electrons. The minimum atomic E-state index is -0.863. The van der Waals surface area contributed by atoms with Gasteiger partial charge in [-0.1, -0.05) is 121 Å². The molecule has 0 aliphatic heterocycles. The van der Waals surface area contributed by atoms with E-state index in [0.29, 0.717) is 11.6 Å². The normalized spacial score (nSPS) is 11.3. The number of rotatable bonds is 10. The SMILES string of the molecule is c1ccc(Nc2ccccc2-c2nsc(C(c3ccccc3)(c3ccccc3)c3nc(-c4ccccc4Nc4ccccc4)ns3)n2)cc1. The predicted molar refractivity (Wildman–Crippen MR) is 202 cm³/mol. The highest BCUT2D eigenvalue weighted by atomic mass is 32.1. The van der Waals surface area contributed by atoms with Crippen molar-refractivity contribution in [2.45, 2.75) is 5.41 Å². The van der Waals surface area contributed by atoms with Crippen LogP contribution in [0.2, 0.25) is 0 Å². The van der Waals surface area contributed by atoms with E-state index in [2.05, 4.69) is 83.4 Å². The van der Waals surface area contributed by atoms with Crippen molar-refractivity contribution in [3.63, 3.8) is 0 Å². The van der Waals surface area contributed by atoms with E-state index in [9.17, 15) is 0 Å². The zero-order valence-corrected chi connectivity index (χ0v) is 27.9. The number of para-hydroxylation sites is 4. The second-order valence-electron chi connectivity index (χ2n) is 11.4. The molecule has 0 atom stereocenters. The predicted octanol–water partition coefficient (Wildman–Crippen LogP) is 10.6. The molecule has 0 unspecified atom stereocenters. The molecule has 0 amide bonds. The summed E-state index contributed by atoms with van der Waals surface area (Å²) < 4.78 is 9.99. The minimum absolute atomic E-state index is 0.650. The van der Waals surface area contributed by atoms with Gasteiger partial charge in [0.25, 0.3) is 0 Å². The molecule has 0 saturated heterocycles. The van der Waals surface area contributed by atoms with Crippen molar-refractivity contribution in [3.05, 3.63) is 191 Å². The quantitative estimate of drug-likeness (QED) is 0.151. The third kappa shape index (κ3) is 5.99. The molecule has 8 rings (SSSR count). The van der Waals surface area contributed by atoms with Gasteiger partial charge in [-0.25, -0.2) is 9.97 Å². The number of hydrogen-bond donors (Lipinski definition) is 2. The number of anilines is 4. The number of nitrogens with one attached hydrogen (secondary N) is 2. The van der Waals surface area contributed by atoms with Crippen LogP contribution in [0.25, 0.3) is 22.8 Å². The van der Waals surface area contributed by atoms with Crippen LogP contribution in [-0.4, -0.2) is 18.7 Å². The van der Waals surface area contributed by atoms with Crippen molar-refractivity contribution in [3.8, 4) is 22.8 Å². The molecular weight excluding hydrogens is 641 g/mol. The molecule has 6 aromatic carbocycles. The fourth-order valence-corrected chi connectivity index (χ4v) is 7.91. The highest BCUT2D eigenvalue weighted by Gasteiger charge is 2.45. The summed E-state index contributed by atoms with van der Waals surface area (Å²) in [6, 6.07) is 57.5. The van der Waals surface area contributed by atoms with Gasteiger partial charge in [0, 0.05) is 33.9 Å². The summed E-state index contributed by atoms with van der Waals surface area (Å²) in [4.78, 5) is 10.7. The van der Waals surface area contributed by atoms with Gasteiger partial charge in [-0.2, -0.15) is 8.75 Å². The number of hydrogen-bond acceptors (Lipinski definition) is 8. The molecular formula is C41H30N6S2. The van der Waals surface area contributed by atoms with Gasteiger partial charge in [0.2, 0.25) is 0 Å². The molecule has 8 heteroatoms. The van der Waals surface area contributed by atoms with Crippen LogP contribution < -0.4 is 10.6 Å². The van der Waals surface area contributed by atoms with Crippen LogP contribution in [-0.2, 0) is 5.41 Å². The number of aromatic nitrogens is 4. The number of benzene rings is 6. The summed E-state index contributed by atoms with van der Waals surface area (Å²) in [5.74, 6) is 1.30. The maximum absolute atomic E-state index is 5.33. The van der Waals surface area contributed by atoms with Crippen LogP contribution in [0.15, 0.2) is 170 Å². The van der Waals surface area contributed by atoms with E-state index in [1.54, 1.807) is 0 Å². The van der Waals surface area contributed by atoms with Gasteiger partial charge < -0.3 is 10.6 Å². The first-order valence-corrected chi connectivity index (χ1v) is 17.5. The Morgan fingerprint density at radius 2 is 0.735 bits per heavy atom. The summed E-state index contributed by atoms with van der Waals surface area (Å²) in [6.07, 6.45) is 0. The molecule has 0 aliphatic carbocycles. The Morgan fingerprint density at radius 3 is 1.14 bits per heavy atom. The average molecular weight is 671 g/mol. The van der Waals surface area contributed by atoms with Gasteiger partial charge in [-0.3, -0.25) is 0 Å². The van der Waals surface area contributed by atoms with E-state index in [1.165, 1.54) is 23.1 Å². The molecule has 8 aromatic rings. The van der Waals surface area contributed by atoms with Crippen molar-refractivity contribution in [1.82, 2.24) is 18.7 Å². The highest BCUT2D eigenvalue weighted by molar-refractivity contribution is 7.07. The Morgan fingerprint density at radius 1 is 0.388 bits per heavy atom.